The maximum absolute atomic E-state index is 13.7. The van der Waals surface area contributed by atoms with Crippen LogP contribution in [-0.2, 0) is 32.0 Å². The molecule has 1 amide bonds. The van der Waals surface area contributed by atoms with Crippen LogP contribution in [0.2, 0.25) is 0 Å². The van der Waals surface area contributed by atoms with Gasteiger partial charge in [0.1, 0.15) is 18.1 Å². The first-order valence-electron chi connectivity index (χ1n) is 13.0. The van der Waals surface area contributed by atoms with Gasteiger partial charge in [0.2, 0.25) is 0 Å². The zero-order chi connectivity index (χ0) is 27.9. The number of carbonyl (C=O) groups is 3. The second kappa shape index (κ2) is 12.4. The van der Waals surface area contributed by atoms with Gasteiger partial charge in [-0.25, -0.2) is 9.78 Å². The van der Waals surface area contributed by atoms with Crippen molar-refractivity contribution in [3.63, 3.8) is 0 Å². The van der Waals surface area contributed by atoms with Gasteiger partial charge in [-0.2, -0.15) is 0 Å². The van der Waals surface area contributed by atoms with Crippen molar-refractivity contribution in [3.8, 4) is 5.75 Å². The smallest absolute Gasteiger partial charge is 0.337 e. The summed E-state index contributed by atoms with van der Waals surface area (Å²) in [6.45, 7) is 4.37. The molecule has 0 aliphatic carbocycles. The van der Waals surface area contributed by atoms with Crippen molar-refractivity contribution in [2.75, 3.05) is 32.3 Å². The topological polar surface area (TPSA) is 100.0 Å². The molecule has 204 valence electrons. The summed E-state index contributed by atoms with van der Waals surface area (Å²) >= 11 is 0. The molecule has 0 atom stereocenters. The van der Waals surface area contributed by atoms with Crippen molar-refractivity contribution in [1.29, 1.82) is 0 Å². The lowest BCUT2D eigenvalue weighted by Gasteiger charge is -2.18. The van der Waals surface area contributed by atoms with E-state index in [0.717, 1.165) is 36.3 Å². The Hall–Kier alpha value is -4.40. The van der Waals surface area contributed by atoms with E-state index < -0.39 is 5.97 Å². The van der Waals surface area contributed by atoms with E-state index >= 15 is 0 Å². The first-order chi connectivity index (χ1) is 18.9. The molecule has 3 aromatic rings. The molecule has 1 aliphatic rings. The monoisotopic (exact) mass is 531 g/mol. The molecule has 39 heavy (non-hydrogen) atoms. The van der Waals surface area contributed by atoms with Crippen LogP contribution in [0.3, 0.4) is 0 Å². The number of rotatable bonds is 11. The maximum atomic E-state index is 13.7. The lowest BCUT2D eigenvalue weighted by Crippen LogP contribution is -2.33. The van der Waals surface area contributed by atoms with Crippen LogP contribution < -0.4 is 9.64 Å². The van der Waals surface area contributed by atoms with Gasteiger partial charge in [-0.1, -0.05) is 37.6 Å². The van der Waals surface area contributed by atoms with E-state index in [0.29, 0.717) is 34.7 Å². The number of hydrogen-bond donors (Lipinski definition) is 0. The third kappa shape index (κ3) is 5.87. The molecule has 0 saturated heterocycles. The number of carbonyl (C=O) groups excluding carboxylic acids is 3. The van der Waals surface area contributed by atoms with Gasteiger partial charge in [0, 0.05) is 18.5 Å². The number of hydrogen-bond acceptors (Lipinski definition) is 7. The van der Waals surface area contributed by atoms with Crippen LogP contribution in [0.1, 0.15) is 59.7 Å². The van der Waals surface area contributed by atoms with E-state index in [1.165, 1.54) is 19.1 Å². The highest BCUT2D eigenvalue weighted by atomic mass is 16.5. The van der Waals surface area contributed by atoms with Crippen LogP contribution in [0.25, 0.3) is 11.6 Å². The van der Waals surface area contributed by atoms with Crippen molar-refractivity contribution < 1.29 is 28.6 Å². The lowest BCUT2D eigenvalue weighted by molar-refractivity contribution is -0.142. The van der Waals surface area contributed by atoms with Gasteiger partial charge in [-0.3, -0.25) is 14.5 Å². The maximum Gasteiger partial charge on any atom is 0.337 e. The standard InChI is InChI=1S/C30H33N3O6/c1-5-7-11-26-31-17-22(32(26)18-20-12-14-21(15-13-20)30(36)38-4)16-24-23-9-8-10-25(37-3)28(23)33(29(24)35)19-27(34)39-6-2/h8-10,12-17H,5-7,11,18-19H2,1-4H3/b24-16-. The van der Waals surface area contributed by atoms with Crippen LogP contribution in [0.15, 0.2) is 48.7 Å². The molecular weight excluding hydrogens is 498 g/mol. The number of para-hydroxylation sites is 1. The van der Waals surface area contributed by atoms with Gasteiger partial charge < -0.3 is 18.8 Å². The fourth-order valence-corrected chi connectivity index (χ4v) is 4.63. The van der Waals surface area contributed by atoms with E-state index in [2.05, 4.69) is 16.5 Å². The Labute approximate surface area is 228 Å². The van der Waals surface area contributed by atoms with E-state index in [4.69, 9.17) is 14.2 Å². The Bertz CT molecular complexity index is 1390. The molecule has 1 aliphatic heterocycles. The molecule has 0 radical (unpaired) electrons. The first-order valence-corrected chi connectivity index (χ1v) is 13.0. The minimum atomic E-state index is -0.494. The van der Waals surface area contributed by atoms with Gasteiger partial charge in [0.25, 0.3) is 5.91 Å². The number of unbranched alkanes of at least 4 members (excludes halogenated alkanes) is 1. The number of fused-ring (bicyclic) bond motifs is 1. The Morgan fingerprint density at radius 3 is 2.49 bits per heavy atom. The number of amides is 1. The number of benzene rings is 2. The zero-order valence-electron chi connectivity index (χ0n) is 22.7. The molecule has 0 unspecified atom stereocenters. The Morgan fingerprint density at radius 1 is 1.05 bits per heavy atom. The Morgan fingerprint density at radius 2 is 1.82 bits per heavy atom. The van der Waals surface area contributed by atoms with E-state index in [1.807, 2.05) is 30.3 Å². The summed E-state index contributed by atoms with van der Waals surface area (Å²) < 4.78 is 17.5. The summed E-state index contributed by atoms with van der Waals surface area (Å²) in [6, 6.07) is 12.7. The average Bonchev–Trinajstić information content (AvgIpc) is 3.45. The lowest BCUT2D eigenvalue weighted by atomic mass is 10.1. The van der Waals surface area contributed by atoms with Gasteiger partial charge >= 0.3 is 11.9 Å². The number of ether oxygens (including phenoxy) is 3. The zero-order valence-corrected chi connectivity index (χ0v) is 22.7. The molecule has 9 heteroatoms. The molecule has 0 N–H and O–H groups in total. The number of esters is 2. The average molecular weight is 532 g/mol. The van der Waals surface area contributed by atoms with Crippen LogP contribution in [-0.4, -0.2) is 54.8 Å². The van der Waals surface area contributed by atoms with Crippen molar-refractivity contribution in [2.45, 2.75) is 39.7 Å². The fourth-order valence-electron chi connectivity index (χ4n) is 4.63. The fraction of sp³-hybridized carbons (Fsp3) is 0.333. The predicted molar refractivity (Wildman–Crippen MR) is 148 cm³/mol. The molecular formula is C30H33N3O6. The molecule has 0 bridgehead atoms. The summed E-state index contributed by atoms with van der Waals surface area (Å²) in [4.78, 5) is 44.0. The van der Waals surface area contributed by atoms with Crippen LogP contribution in [0, 0.1) is 0 Å². The van der Waals surface area contributed by atoms with Crippen molar-refractivity contribution in [1.82, 2.24) is 9.55 Å². The van der Waals surface area contributed by atoms with Crippen molar-refractivity contribution in [2.24, 2.45) is 0 Å². The highest BCUT2D eigenvalue weighted by molar-refractivity contribution is 6.37. The molecule has 0 fully saturated rings. The van der Waals surface area contributed by atoms with Crippen LogP contribution in [0.5, 0.6) is 5.75 Å². The summed E-state index contributed by atoms with van der Waals surface area (Å²) in [5.74, 6) is 0.204. The number of aryl methyl sites for hydroxylation is 1. The number of imidazole rings is 1. The Kier molecular flexibility index (Phi) is 8.81. The van der Waals surface area contributed by atoms with Crippen LogP contribution in [0.4, 0.5) is 5.69 Å². The normalized spacial score (nSPS) is 13.5. The minimum Gasteiger partial charge on any atom is -0.495 e. The second-order valence-electron chi connectivity index (χ2n) is 9.09. The molecule has 9 nitrogen and oxygen atoms in total. The SMILES string of the molecule is CCCCc1ncc(/C=C2\C(=O)N(CC(=O)OCC)c3c(OC)cccc32)n1Cc1ccc(C(=O)OC)cc1. The number of aromatic nitrogens is 2. The van der Waals surface area contributed by atoms with Gasteiger partial charge in [0.05, 0.1) is 49.5 Å². The second-order valence-corrected chi connectivity index (χ2v) is 9.09. The molecule has 4 rings (SSSR count). The molecule has 2 heterocycles. The third-order valence-electron chi connectivity index (χ3n) is 6.58. The predicted octanol–water partition coefficient (Wildman–Crippen LogP) is 4.52. The van der Waals surface area contributed by atoms with Gasteiger partial charge in [-0.05, 0) is 43.2 Å². The van der Waals surface area contributed by atoms with Crippen molar-refractivity contribution in [3.05, 3.63) is 76.9 Å². The summed E-state index contributed by atoms with van der Waals surface area (Å²) in [5, 5.41) is 0. The Balaban J connectivity index is 1.75. The molecule has 1 aromatic heterocycles. The van der Waals surface area contributed by atoms with Gasteiger partial charge in [0.15, 0.2) is 0 Å². The third-order valence-corrected chi connectivity index (χ3v) is 6.58. The van der Waals surface area contributed by atoms with Crippen LogP contribution >= 0.6 is 0 Å². The number of anilines is 1. The number of nitrogens with zero attached hydrogens (tertiary/aromatic N) is 3. The largest absolute Gasteiger partial charge is 0.495 e. The van der Waals surface area contributed by atoms with E-state index in [9.17, 15) is 14.4 Å². The molecule has 2 aromatic carbocycles. The number of methoxy groups -OCH3 is 2. The highest BCUT2D eigenvalue weighted by Crippen LogP contribution is 2.43. The highest BCUT2D eigenvalue weighted by Gasteiger charge is 2.36. The van der Waals surface area contributed by atoms with E-state index in [1.54, 1.807) is 31.3 Å². The summed E-state index contributed by atoms with van der Waals surface area (Å²) in [7, 11) is 2.89. The van der Waals surface area contributed by atoms with Crippen molar-refractivity contribution >= 4 is 35.2 Å². The molecule has 0 spiro atoms. The van der Waals surface area contributed by atoms with Gasteiger partial charge in [-0.15, -0.1) is 0 Å². The summed E-state index contributed by atoms with van der Waals surface area (Å²) in [6.07, 6.45) is 6.36. The quantitative estimate of drug-likeness (QED) is 0.265. The minimum absolute atomic E-state index is 0.217. The van der Waals surface area contributed by atoms with E-state index in [-0.39, 0.29) is 25.0 Å². The molecule has 0 saturated carbocycles. The summed E-state index contributed by atoms with van der Waals surface area (Å²) in [5.41, 5.74) is 3.87. The first kappa shape index (κ1) is 27.6.